The van der Waals surface area contributed by atoms with E-state index < -0.39 is 11.0 Å². The van der Waals surface area contributed by atoms with E-state index in [9.17, 15) is 14.9 Å². The molecule has 1 rings (SSSR count). The summed E-state index contributed by atoms with van der Waals surface area (Å²) < 4.78 is 0. The van der Waals surface area contributed by atoms with Gasteiger partial charge >= 0.3 is 6.03 Å². The monoisotopic (exact) mass is 255 g/mol. The molecule has 0 saturated heterocycles. The van der Waals surface area contributed by atoms with Crippen molar-refractivity contribution in [3.63, 3.8) is 0 Å². The predicted molar refractivity (Wildman–Crippen MR) is 65.1 cm³/mol. The number of hydrogen-bond acceptors (Lipinski definition) is 3. The number of urea groups is 1. The summed E-state index contributed by atoms with van der Waals surface area (Å²) in [4.78, 5) is 21.3. The van der Waals surface area contributed by atoms with Gasteiger partial charge in [-0.1, -0.05) is 18.2 Å². The van der Waals surface area contributed by atoms with Crippen LogP contribution in [-0.4, -0.2) is 11.0 Å². The maximum Gasteiger partial charge on any atom is 0.323 e. The molecule has 0 heterocycles. The number of nitro benzene ring substituents is 1. The van der Waals surface area contributed by atoms with Crippen molar-refractivity contribution < 1.29 is 9.72 Å². The number of amides is 2. The molecule has 90 valence electrons. The summed E-state index contributed by atoms with van der Waals surface area (Å²) in [5.74, 6) is 0. The molecule has 7 heteroatoms. The zero-order chi connectivity index (χ0) is 13.0. The Balaban J connectivity index is 2.90. The van der Waals surface area contributed by atoms with Crippen molar-refractivity contribution in [1.29, 1.82) is 0 Å². The van der Waals surface area contributed by atoms with E-state index in [1.807, 2.05) is 0 Å². The standard InChI is InChI=1S/C10H10ClN3O3/c1-6(2)12-10(15)13-9-5-7(14(16)17)3-4-8(9)11/h3-5H,1H2,2H3,(H2,12,13,15). The lowest BCUT2D eigenvalue weighted by atomic mass is 10.3. The van der Waals surface area contributed by atoms with Crippen molar-refractivity contribution in [1.82, 2.24) is 5.32 Å². The van der Waals surface area contributed by atoms with Crippen LogP contribution in [0.1, 0.15) is 6.92 Å². The van der Waals surface area contributed by atoms with Crippen molar-refractivity contribution in [2.24, 2.45) is 0 Å². The number of carbonyl (C=O) groups excluding carboxylic acids is 1. The summed E-state index contributed by atoms with van der Waals surface area (Å²) in [5, 5.41) is 15.5. The first kappa shape index (κ1) is 13.0. The molecule has 1 aromatic carbocycles. The van der Waals surface area contributed by atoms with Gasteiger partial charge in [-0.15, -0.1) is 0 Å². The predicted octanol–water partition coefficient (Wildman–Crippen LogP) is 2.90. The molecule has 0 aliphatic carbocycles. The Kier molecular flexibility index (Phi) is 4.06. The van der Waals surface area contributed by atoms with Crippen LogP contribution >= 0.6 is 11.6 Å². The van der Waals surface area contributed by atoms with Crippen LogP contribution in [-0.2, 0) is 0 Å². The second-order valence-corrected chi connectivity index (χ2v) is 3.69. The largest absolute Gasteiger partial charge is 0.323 e. The Morgan fingerprint density at radius 2 is 2.18 bits per heavy atom. The number of nitrogens with zero attached hydrogens (tertiary/aromatic N) is 1. The molecule has 0 fully saturated rings. The summed E-state index contributed by atoms with van der Waals surface area (Å²) in [7, 11) is 0. The molecule has 0 saturated carbocycles. The molecule has 0 unspecified atom stereocenters. The maximum absolute atomic E-state index is 11.3. The lowest BCUT2D eigenvalue weighted by molar-refractivity contribution is -0.384. The van der Waals surface area contributed by atoms with Crippen LogP contribution in [0, 0.1) is 10.1 Å². The highest BCUT2D eigenvalue weighted by Crippen LogP contribution is 2.26. The number of anilines is 1. The number of carbonyl (C=O) groups is 1. The van der Waals surface area contributed by atoms with Gasteiger partial charge in [0, 0.05) is 17.8 Å². The smallest absolute Gasteiger partial charge is 0.312 e. The molecular weight excluding hydrogens is 246 g/mol. The number of benzene rings is 1. The highest BCUT2D eigenvalue weighted by Gasteiger charge is 2.11. The van der Waals surface area contributed by atoms with Crippen molar-refractivity contribution in [3.8, 4) is 0 Å². The Morgan fingerprint density at radius 1 is 1.53 bits per heavy atom. The van der Waals surface area contributed by atoms with Crippen LogP contribution in [0.2, 0.25) is 5.02 Å². The van der Waals surface area contributed by atoms with Crippen LogP contribution in [0.5, 0.6) is 0 Å². The molecule has 6 nitrogen and oxygen atoms in total. The summed E-state index contributed by atoms with van der Waals surface area (Å²) in [5.41, 5.74) is 0.462. The Hall–Kier alpha value is -2.08. The van der Waals surface area contributed by atoms with E-state index in [-0.39, 0.29) is 16.4 Å². The van der Waals surface area contributed by atoms with Gasteiger partial charge in [-0.3, -0.25) is 10.1 Å². The topological polar surface area (TPSA) is 84.3 Å². The van der Waals surface area contributed by atoms with Gasteiger partial charge in [0.15, 0.2) is 0 Å². The molecule has 0 radical (unpaired) electrons. The number of nitrogens with one attached hydrogen (secondary N) is 2. The third-order valence-corrected chi connectivity index (χ3v) is 2.07. The van der Waals surface area contributed by atoms with E-state index in [4.69, 9.17) is 11.6 Å². The van der Waals surface area contributed by atoms with Gasteiger partial charge in [-0.2, -0.15) is 0 Å². The molecule has 0 spiro atoms. The van der Waals surface area contributed by atoms with E-state index >= 15 is 0 Å². The Bertz CT molecular complexity index is 488. The molecule has 0 aliphatic rings. The van der Waals surface area contributed by atoms with E-state index in [1.165, 1.54) is 18.2 Å². The first-order valence-electron chi connectivity index (χ1n) is 4.57. The molecule has 0 aliphatic heterocycles. The summed E-state index contributed by atoms with van der Waals surface area (Å²) in [6.07, 6.45) is 0. The molecule has 2 N–H and O–H groups in total. The molecule has 0 bridgehead atoms. The van der Waals surface area contributed by atoms with Crippen LogP contribution in [0.25, 0.3) is 0 Å². The van der Waals surface area contributed by atoms with Gasteiger partial charge in [0.2, 0.25) is 0 Å². The van der Waals surface area contributed by atoms with E-state index in [0.29, 0.717) is 5.70 Å². The number of non-ortho nitro benzene ring substituents is 1. The molecular formula is C10H10ClN3O3. The van der Waals surface area contributed by atoms with Crippen molar-refractivity contribution >= 4 is 29.0 Å². The highest BCUT2D eigenvalue weighted by atomic mass is 35.5. The van der Waals surface area contributed by atoms with Crippen molar-refractivity contribution in [2.75, 3.05) is 5.32 Å². The third-order valence-electron chi connectivity index (χ3n) is 1.74. The van der Waals surface area contributed by atoms with Gasteiger partial charge in [-0.25, -0.2) is 4.79 Å². The van der Waals surface area contributed by atoms with E-state index in [0.717, 1.165) is 0 Å². The quantitative estimate of drug-likeness (QED) is 0.643. The van der Waals surface area contributed by atoms with Gasteiger partial charge in [0.1, 0.15) is 0 Å². The number of halogens is 1. The SMILES string of the molecule is C=C(C)NC(=O)Nc1cc([N+](=O)[O-])ccc1Cl. The van der Waals surface area contributed by atoms with Gasteiger partial charge in [0.05, 0.1) is 15.6 Å². The molecule has 1 aromatic rings. The number of nitro groups is 1. The maximum atomic E-state index is 11.3. The van der Waals surface area contributed by atoms with Crippen molar-refractivity contribution in [3.05, 3.63) is 45.6 Å². The van der Waals surface area contributed by atoms with Crippen LogP contribution in [0.4, 0.5) is 16.2 Å². The Morgan fingerprint density at radius 3 is 2.71 bits per heavy atom. The Labute approximate surface area is 102 Å². The average molecular weight is 256 g/mol. The van der Waals surface area contributed by atoms with E-state index in [1.54, 1.807) is 6.92 Å². The molecule has 0 aromatic heterocycles. The zero-order valence-corrected chi connectivity index (χ0v) is 9.75. The van der Waals surface area contributed by atoms with Crippen LogP contribution in [0.3, 0.4) is 0 Å². The minimum atomic E-state index is -0.571. The lowest BCUT2D eigenvalue weighted by Gasteiger charge is -2.08. The third kappa shape index (κ3) is 3.76. The minimum Gasteiger partial charge on any atom is -0.312 e. The second kappa shape index (κ2) is 5.31. The fourth-order valence-corrected chi connectivity index (χ4v) is 1.23. The lowest BCUT2D eigenvalue weighted by Crippen LogP contribution is -2.26. The first-order chi connectivity index (χ1) is 7.90. The highest BCUT2D eigenvalue weighted by molar-refractivity contribution is 6.33. The molecule has 2 amide bonds. The number of rotatable bonds is 3. The second-order valence-electron chi connectivity index (χ2n) is 3.28. The average Bonchev–Trinajstić information content (AvgIpc) is 2.19. The van der Waals surface area contributed by atoms with Crippen LogP contribution < -0.4 is 10.6 Å². The van der Waals surface area contributed by atoms with Crippen LogP contribution in [0.15, 0.2) is 30.5 Å². The van der Waals surface area contributed by atoms with Crippen molar-refractivity contribution in [2.45, 2.75) is 6.92 Å². The number of allylic oxidation sites excluding steroid dienone is 1. The zero-order valence-electron chi connectivity index (χ0n) is 8.99. The summed E-state index contributed by atoms with van der Waals surface area (Å²) >= 11 is 5.79. The summed E-state index contributed by atoms with van der Waals surface area (Å²) in [6, 6.07) is 3.22. The van der Waals surface area contributed by atoms with Gasteiger partial charge < -0.3 is 10.6 Å². The minimum absolute atomic E-state index is 0.153. The van der Waals surface area contributed by atoms with Gasteiger partial charge in [0.25, 0.3) is 5.69 Å². The summed E-state index contributed by atoms with van der Waals surface area (Å²) in [6.45, 7) is 5.10. The van der Waals surface area contributed by atoms with E-state index in [2.05, 4.69) is 17.2 Å². The molecule has 17 heavy (non-hydrogen) atoms. The first-order valence-corrected chi connectivity index (χ1v) is 4.95. The molecule has 0 atom stereocenters. The normalized spacial score (nSPS) is 9.53. The van der Waals surface area contributed by atoms with Gasteiger partial charge in [-0.05, 0) is 13.0 Å². The fourth-order valence-electron chi connectivity index (χ4n) is 1.07. The fraction of sp³-hybridized carbons (Fsp3) is 0.100. The number of hydrogen-bond donors (Lipinski definition) is 2.